The molecule has 1 atom stereocenters. The van der Waals surface area contributed by atoms with E-state index in [1.807, 2.05) is 11.9 Å². The van der Waals surface area contributed by atoms with E-state index in [-0.39, 0.29) is 16.7 Å². The Bertz CT molecular complexity index is 466. The fraction of sp³-hybridized carbons (Fsp3) is 0.583. The van der Waals surface area contributed by atoms with Crippen molar-refractivity contribution in [1.82, 2.24) is 15.3 Å². The molecule has 19 heavy (non-hydrogen) atoms. The van der Waals surface area contributed by atoms with Crippen LogP contribution in [0, 0.1) is 5.92 Å². The molecule has 0 bridgehead atoms. The second-order valence-corrected chi connectivity index (χ2v) is 4.90. The van der Waals surface area contributed by atoms with Crippen molar-refractivity contribution >= 4 is 29.1 Å². The van der Waals surface area contributed by atoms with Crippen LogP contribution in [-0.2, 0) is 0 Å². The second kappa shape index (κ2) is 6.56. The molecule has 0 saturated carbocycles. The Morgan fingerprint density at radius 1 is 1.53 bits per heavy atom. The van der Waals surface area contributed by atoms with Crippen molar-refractivity contribution in [2.24, 2.45) is 5.92 Å². The number of nitrogens with zero attached hydrogens (tertiary/aromatic N) is 3. The van der Waals surface area contributed by atoms with Crippen LogP contribution in [0.1, 0.15) is 30.8 Å². The lowest BCUT2D eigenvalue weighted by atomic mass is 10.1. The number of amides is 1. The molecular formula is C12H20ClN5O. The van der Waals surface area contributed by atoms with E-state index < -0.39 is 5.91 Å². The molecule has 1 amide bonds. The van der Waals surface area contributed by atoms with E-state index in [4.69, 9.17) is 17.3 Å². The number of carbonyl (C=O) groups excluding carboxylic acids is 1. The lowest BCUT2D eigenvalue weighted by Gasteiger charge is -2.22. The van der Waals surface area contributed by atoms with Crippen LogP contribution in [0.5, 0.6) is 0 Å². The zero-order valence-corrected chi connectivity index (χ0v) is 12.5. The molecule has 1 aromatic heterocycles. The summed E-state index contributed by atoms with van der Waals surface area (Å²) in [4.78, 5) is 21.6. The zero-order valence-electron chi connectivity index (χ0n) is 11.7. The fourth-order valence-electron chi connectivity index (χ4n) is 1.63. The van der Waals surface area contributed by atoms with Gasteiger partial charge in [-0.15, -0.1) is 0 Å². The molecule has 1 aromatic rings. The number of anilines is 2. The van der Waals surface area contributed by atoms with Gasteiger partial charge in [0.15, 0.2) is 22.5 Å². The SMILES string of the molecule is CCC(C)CN(C)c1nc(N)c(C(=O)NC)nc1Cl. The topological polar surface area (TPSA) is 84.1 Å². The summed E-state index contributed by atoms with van der Waals surface area (Å²) in [6.07, 6.45) is 1.06. The van der Waals surface area contributed by atoms with Crippen LogP contribution in [-0.4, -0.2) is 36.5 Å². The summed E-state index contributed by atoms with van der Waals surface area (Å²) in [5, 5.41) is 2.62. The predicted octanol–water partition coefficient (Wildman–Crippen LogP) is 1.55. The maximum atomic E-state index is 11.5. The summed E-state index contributed by atoms with van der Waals surface area (Å²) in [5.41, 5.74) is 5.80. The van der Waals surface area contributed by atoms with E-state index in [9.17, 15) is 4.79 Å². The van der Waals surface area contributed by atoms with Crippen LogP contribution >= 0.6 is 11.6 Å². The van der Waals surface area contributed by atoms with E-state index in [0.717, 1.165) is 13.0 Å². The lowest BCUT2D eigenvalue weighted by molar-refractivity contribution is 0.0959. The van der Waals surface area contributed by atoms with Gasteiger partial charge in [0.1, 0.15) is 0 Å². The monoisotopic (exact) mass is 285 g/mol. The summed E-state index contributed by atoms with van der Waals surface area (Å²) in [6.45, 7) is 5.05. The van der Waals surface area contributed by atoms with Gasteiger partial charge in [0.05, 0.1) is 0 Å². The maximum absolute atomic E-state index is 11.5. The van der Waals surface area contributed by atoms with E-state index in [2.05, 4.69) is 29.1 Å². The highest BCUT2D eigenvalue weighted by atomic mass is 35.5. The number of hydrogen-bond acceptors (Lipinski definition) is 5. The molecule has 0 saturated heterocycles. The van der Waals surface area contributed by atoms with Gasteiger partial charge in [-0.3, -0.25) is 4.79 Å². The average molecular weight is 286 g/mol. The molecule has 0 aliphatic heterocycles. The van der Waals surface area contributed by atoms with Gasteiger partial charge >= 0.3 is 0 Å². The molecule has 0 fully saturated rings. The highest BCUT2D eigenvalue weighted by Crippen LogP contribution is 2.24. The second-order valence-electron chi connectivity index (χ2n) is 4.54. The number of nitrogen functional groups attached to an aromatic ring is 1. The summed E-state index contributed by atoms with van der Waals surface area (Å²) in [7, 11) is 3.38. The van der Waals surface area contributed by atoms with Crippen LogP contribution in [0.25, 0.3) is 0 Å². The number of halogens is 1. The van der Waals surface area contributed by atoms with Gasteiger partial charge in [-0.05, 0) is 5.92 Å². The molecule has 3 N–H and O–H groups in total. The van der Waals surface area contributed by atoms with Gasteiger partial charge in [0, 0.05) is 20.6 Å². The highest BCUT2D eigenvalue weighted by molar-refractivity contribution is 6.32. The number of nitrogens with one attached hydrogen (secondary N) is 1. The van der Waals surface area contributed by atoms with Gasteiger partial charge < -0.3 is 16.0 Å². The van der Waals surface area contributed by atoms with Crippen LogP contribution in [0.15, 0.2) is 0 Å². The van der Waals surface area contributed by atoms with E-state index >= 15 is 0 Å². The van der Waals surface area contributed by atoms with Gasteiger partial charge in [-0.2, -0.15) is 0 Å². The van der Waals surface area contributed by atoms with Gasteiger partial charge in [-0.25, -0.2) is 9.97 Å². The Kier molecular flexibility index (Phi) is 5.35. The first kappa shape index (κ1) is 15.5. The molecule has 1 unspecified atom stereocenters. The molecule has 0 spiro atoms. The van der Waals surface area contributed by atoms with Gasteiger partial charge in [-0.1, -0.05) is 31.9 Å². The predicted molar refractivity (Wildman–Crippen MR) is 77.6 cm³/mol. The third-order valence-corrected chi connectivity index (χ3v) is 3.20. The molecule has 1 rings (SSSR count). The summed E-state index contributed by atoms with van der Waals surface area (Å²) in [6, 6.07) is 0. The molecular weight excluding hydrogens is 266 g/mol. The Labute approximate surface area is 118 Å². The number of carbonyl (C=O) groups is 1. The maximum Gasteiger partial charge on any atom is 0.273 e. The first-order chi connectivity index (χ1) is 8.90. The number of nitrogens with two attached hydrogens (primary N) is 1. The highest BCUT2D eigenvalue weighted by Gasteiger charge is 2.18. The summed E-state index contributed by atoms with van der Waals surface area (Å²) < 4.78 is 0. The Hall–Kier alpha value is -1.56. The molecule has 0 aliphatic carbocycles. The number of aromatic nitrogens is 2. The molecule has 1 heterocycles. The molecule has 0 radical (unpaired) electrons. The third kappa shape index (κ3) is 3.70. The zero-order chi connectivity index (χ0) is 14.6. The van der Waals surface area contributed by atoms with Crippen LogP contribution in [0.3, 0.4) is 0 Å². The minimum absolute atomic E-state index is 0.0492. The minimum Gasteiger partial charge on any atom is -0.382 e. The molecule has 7 heteroatoms. The average Bonchev–Trinajstić information content (AvgIpc) is 2.39. The van der Waals surface area contributed by atoms with Crippen molar-refractivity contribution in [3.8, 4) is 0 Å². The van der Waals surface area contributed by atoms with Gasteiger partial charge in [0.25, 0.3) is 5.91 Å². The van der Waals surface area contributed by atoms with Crippen molar-refractivity contribution in [3.63, 3.8) is 0 Å². The van der Waals surface area contributed by atoms with Crippen molar-refractivity contribution in [2.75, 3.05) is 31.3 Å². The van der Waals surface area contributed by atoms with E-state index in [1.165, 1.54) is 7.05 Å². The Morgan fingerprint density at radius 2 is 2.16 bits per heavy atom. The normalized spacial score (nSPS) is 12.1. The van der Waals surface area contributed by atoms with Crippen LogP contribution < -0.4 is 16.0 Å². The largest absolute Gasteiger partial charge is 0.382 e. The Balaban J connectivity index is 3.04. The van der Waals surface area contributed by atoms with Crippen molar-refractivity contribution in [1.29, 1.82) is 0 Å². The Morgan fingerprint density at radius 3 is 2.68 bits per heavy atom. The smallest absolute Gasteiger partial charge is 0.273 e. The first-order valence-corrected chi connectivity index (χ1v) is 6.54. The fourth-order valence-corrected chi connectivity index (χ4v) is 1.90. The quantitative estimate of drug-likeness (QED) is 0.857. The lowest BCUT2D eigenvalue weighted by Crippen LogP contribution is -2.27. The third-order valence-electron chi connectivity index (χ3n) is 2.95. The van der Waals surface area contributed by atoms with E-state index in [0.29, 0.717) is 11.7 Å². The first-order valence-electron chi connectivity index (χ1n) is 6.16. The van der Waals surface area contributed by atoms with Crippen LogP contribution in [0.4, 0.5) is 11.6 Å². The molecule has 106 valence electrons. The van der Waals surface area contributed by atoms with Crippen LogP contribution in [0.2, 0.25) is 5.15 Å². The molecule has 0 aromatic carbocycles. The minimum atomic E-state index is -0.400. The molecule has 0 aliphatic rings. The number of hydrogen-bond donors (Lipinski definition) is 2. The number of rotatable bonds is 5. The van der Waals surface area contributed by atoms with Crippen molar-refractivity contribution < 1.29 is 4.79 Å². The molecule has 6 nitrogen and oxygen atoms in total. The van der Waals surface area contributed by atoms with E-state index in [1.54, 1.807) is 0 Å². The summed E-state index contributed by atoms with van der Waals surface area (Å²) >= 11 is 6.07. The van der Waals surface area contributed by atoms with Crippen molar-refractivity contribution in [2.45, 2.75) is 20.3 Å². The van der Waals surface area contributed by atoms with Gasteiger partial charge in [0.2, 0.25) is 0 Å². The standard InChI is InChI=1S/C12H20ClN5O/c1-5-7(2)6-18(4)11-9(13)16-8(10(14)17-11)12(19)15-3/h7H,5-6H2,1-4H3,(H2,14,17)(H,15,19). The summed E-state index contributed by atoms with van der Waals surface area (Å²) in [5.74, 6) is 0.674. The van der Waals surface area contributed by atoms with Crippen molar-refractivity contribution in [3.05, 3.63) is 10.8 Å².